The smallest absolute Gasteiger partial charge is 0.257 e. The molecular formula is C26H30Cl2N2O3S. The molecule has 1 amide bonds. The Morgan fingerprint density at radius 3 is 2.12 bits per heavy atom. The molecule has 182 valence electrons. The van der Waals surface area contributed by atoms with Crippen molar-refractivity contribution in [3.63, 3.8) is 0 Å². The molecule has 2 aromatic rings. The van der Waals surface area contributed by atoms with Crippen molar-refractivity contribution < 1.29 is 13.2 Å². The third-order valence-corrected chi connectivity index (χ3v) is 10.2. The molecule has 4 saturated carbocycles. The van der Waals surface area contributed by atoms with Crippen molar-refractivity contribution in [1.82, 2.24) is 4.72 Å². The Kier molecular flexibility index (Phi) is 6.47. The standard InChI is InChI=1S/C26H30Cl2N2O3S/c1-2-16-3-5-20(6-4-16)30-25(31)21-10-24(23(28)11-22(21)27)34(32,33)29-15-26-12-17-7-18(13-26)9-19(8-17)14-26/h3-6,10-11,17-19,29H,2,7-9,12-15H2,1H3,(H,30,31). The lowest BCUT2D eigenvalue weighted by Crippen LogP contribution is -2.51. The van der Waals surface area contributed by atoms with E-state index in [-0.39, 0.29) is 25.9 Å². The predicted octanol–water partition coefficient (Wildman–Crippen LogP) is 6.30. The van der Waals surface area contributed by atoms with Gasteiger partial charge in [-0.1, -0.05) is 42.3 Å². The van der Waals surface area contributed by atoms with Crippen molar-refractivity contribution in [2.45, 2.75) is 56.8 Å². The van der Waals surface area contributed by atoms with E-state index in [9.17, 15) is 13.2 Å². The fraction of sp³-hybridized carbons (Fsp3) is 0.500. The molecule has 34 heavy (non-hydrogen) atoms. The lowest BCUT2D eigenvalue weighted by molar-refractivity contribution is -0.0487. The second-order valence-corrected chi connectivity index (χ2v) is 13.1. The van der Waals surface area contributed by atoms with Crippen LogP contribution >= 0.6 is 23.2 Å². The molecule has 2 aromatic carbocycles. The first-order valence-electron chi connectivity index (χ1n) is 12.1. The van der Waals surface area contributed by atoms with Gasteiger partial charge in [-0.25, -0.2) is 13.1 Å². The zero-order chi connectivity index (χ0) is 24.1. The van der Waals surface area contributed by atoms with Crippen LogP contribution in [0.5, 0.6) is 0 Å². The monoisotopic (exact) mass is 520 g/mol. The minimum atomic E-state index is -3.91. The van der Waals surface area contributed by atoms with Crippen molar-refractivity contribution in [3.05, 3.63) is 57.6 Å². The lowest BCUT2D eigenvalue weighted by atomic mass is 9.50. The summed E-state index contributed by atoms with van der Waals surface area (Å²) < 4.78 is 29.4. The van der Waals surface area contributed by atoms with Gasteiger partial charge in [-0.2, -0.15) is 0 Å². The lowest BCUT2D eigenvalue weighted by Gasteiger charge is -2.56. The topological polar surface area (TPSA) is 75.3 Å². The zero-order valence-electron chi connectivity index (χ0n) is 19.2. The largest absolute Gasteiger partial charge is 0.322 e. The molecule has 0 radical (unpaired) electrons. The van der Waals surface area contributed by atoms with Crippen LogP contribution < -0.4 is 10.0 Å². The van der Waals surface area contributed by atoms with E-state index in [4.69, 9.17) is 23.2 Å². The van der Waals surface area contributed by atoms with Crippen molar-refractivity contribution in [1.29, 1.82) is 0 Å². The van der Waals surface area contributed by atoms with Gasteiger partial charge in [0.2, 0.25) is 10.0 Å². The molecule has 0 unspecified atom stereocenters. The van der Waals surface area contributed by atoms with Crippen LogP contribution in [-0.4, -0.2) is 20.9 Å². The second-order valence-electron chi connectivity index (χ2n) is 10.5. The summed E-state index contributed by atoms with van der Waals surface area (Å²) in [6, 6.07) is 10.1. The molecule has 0 spiro atoms. The van der Waals surface area contributed by atoms with Crippen LogP contribution in [0.2, 0.25) is 10.0 Å². The fourth-order valence-electron chi connectivity index (χ4n) is 6.76. The fourth-order valence-corrected chi connectivity index (χ4v) is 8.78. The summed E-state index contributed by atoms with van der Waals surface area (Å²) >= 11 is 12.6. The Hall–Kier alpha value is -1.60. The first-order valence-corrected chi connectivity index (χ1v) is 14.3. The molecule has 4 bridgehead atoms. The number of carbonyl (C=O) groups excluding carboxylic acids is 1. The molecule has 0 heterocycles. The van der Waals surface area contributed by atoms with Crippen molar-refractivity contribution in [3.8, 4) is 0 Å². The SMILES string of the molecule is CCc1ccc(NC(=O)c2cc(S(=O)(=O)NCC34CC5CC(CC(C5)C3)C4)c(Cl)cc2Cl)cc1. The van der Waals surface area contributed by atoms with Crippen molar-refractivity contribution in [2.24, 2.45) is 23.2 Å². The molecule has 4 aliphatic carbocycles. The number of anilines is 1. The maximum absolute atomic E-state index is 13.3. The van der Waals surface area contributed by atoms with Crippen LogP contribution in [0.15, 0.2) is 41.3 Å². The first-order chi connectivity index (χ1) is 16.2. The summed E-state index contributed by atoms with van der Waals surface area (Å²) in [5.41, 5.74) is 1.88. The van der Waals surface area contributed by atoms with Gasteiger partial charge in [-0.05, 0) is 97.9 Å². The number of rotatable bonds is 7. The predicted molar refractivity (Wildman–Crippen MR) is 136 cm³/mol. The van der Waals surface area contributed by atoms with E-state index in [1.54, 1.807) is 0 Å². The highest BCUT2D eigenvalue weighted by molar-refractivity contribution is 7.89. The summed E-state index contributed by atoms with van der Waals surface area (Å²) in [5.74, 6) is 1.72. The van der Waals surface area contributed by atoms with E-state index in [1.807, 2.05) is 24.3 Å². The highest BCUT2D eigenvalue weighted by Crippen LogP contribution is 2.59. The van der Waals surface area contributed by atoms with Crippen LogP contribution in [0.4, 0.5) is 5.69 Å². The van der Waals surface area contributed by atoms with Crippen LogP contribution in [0.3, 0.4) is 0 Å². The van der Waals surface area contributed by atoms with Gasteiger partial charge < -0.3 is 5.32 Å². The highest BCUT2D eigenvalue weighted by atomic mass is 35.5. The van der Waals surface area contributed by atoms with Crippen molar-refractivity contribution in [2.75, 3.05) is 11.9 Å². The van der Waals surface area contributed by atoms with E-state index in [0.29, 0.717) is 12.2 Å². The van der Waals surface area contributed by atoms with Gasteiger partial charge in [0.15, 0.2) is 0 Å². The Morgan fingerprint density at radius 1 is 0.971 bits per heavy atom. The number of amides is 1. The number of hydrogen-bond acceptors (Lipinski definition) is 3. The van der Waals surface area contributed by atoms with E-state index >= 15 is 0 Å². The third-order valence-electron chi connectivity index (χ3n) is 7.98. The summed E-state index contributed by atoms with van der Waals surface area (Å²) in [7, 11) is -3.91. The molecular weight excluding hydrogens is 491 g/mol. The van der Waals surface area contributed by atoms with Crippen LogP contribution in [0, 0.1) is 23.2 Å². The molecule has 0 atom stereocenters. The molecule has 4 fully saturated rings. The van der Waals surface area contributed by atoms with Gasteiger partial charge in [0, 0.05) is 12.2 Å². The highest BCUT2D eigenvalue weighted by Gasteiger charge is 2.51. The molecule has 5 nitrogen and oxygen atoms in total. The quantitative estimate of drug-likeness (QED) is 0.449. The molecule has 0 saturated heterocycles. The number of carbonyl (C=O) groups is 1. The first kappa shape index (κ1) is 24.1. The van der Waals surface area contributed by atoms with Gasteiger partial charge in [-0.3, -0.25) is 4.79 Å². The van der Waals surface area contributed by atoms with Crippen LogP contribution in [0.25, 0.3) is 0 Å². The van der Waals surface area contributed by atoms with Gasteiger partial charge in [0.25, 0.3) is 5.91 Å². The van der Waals surface area contributed by atoms with E-state index in [1.165, 1.54) is 31.4 Å². The van der Waals surface area contributed by atoms with Crippen LogP contribution in [-0.2, 0) is 16.4 Å². The van der Waals surface area contributed by atoms with Gasteiger partial charge >= 0.3 is 0 Å². The maximum Gasteiger partial charge on any atom is 0.257 e. The minimum Gasteiger partial charge on any atom is -0.322 e. The number of hydrogen-bond donors (Lipinski definition) is 2. The average Bonchev–Trinajstić information content (AvgIpc) is 2.77. The van der Waals surface area contributed by atoms with E-state index in [0.717, 1.165) is 49.0 Å². The summed E-state index contributed by atoms with van der Waals surface area (Å²) in [4.78, 5) is 12.8. The van der Waals surface area contributed by atoms with Crippen LogP contribution in [0.1, 0.15) is 61.4 Å². The molecule has 4 aliphatic rings. The summed E-state index contributed by atoms with van der Waals surface area (Å²) in [6.07, 6.45) is 8.09. The minimum absolute atomic E-state index is 0.00635. The number of halogens is 2. The maximum atomic E-state index is 13.3. The zero-order valence-corrected chi connectivity index (χ0v) is 21.6. The Labute approximate surface area is 211 Å². The normalized spacial score (nSPS) is 27.7. The molecule has 0 aliphatic heterocycles. The van der Waals surface area contributed by atoms with Gasteiger partial charge in [0.05, 0.1) is 15.6 Å². The number of aryl methyl sites for hydroxylation is 1. The second kappa shape index (κ2) is 9.12. The molecule has 2 N–H and O–H groups in total. The third kappa shape index (κ3) is 4.75. The summed E-state index contributed by atoms with van der Waals surface area (Å²) in [5, 5.41) is 2.90. The van der Waals surface area contributed by atoms with Crippen molar-refractivity contribution >= 4 is 44.8 Å². The van der Waals surface area contributed by atoms with Gasteiger partial charge in [-0.15, -0.1) is 0 Å². The van der Waals surface area contributed by atoms with Gasteiger partial charge in [0.1, 0.15) is 4.90 Å². The average molecular weight is 522 g/mol. The van der Waals surface area contributed by atoms with E-state index < -0.39 is 15.9 Å². The number of sulfonamides is 1. The molecule has 8 heteroatoms. The summed E-state index contributed by atoms with van der Waals surface area (Å²) in [6.45, 7) is 2.48. The molecule has 6 rings (SSSR count). The number of nitrogens with one attached hydrogen (secondary N) is 2. The Morgan fingerprint density at radius 2 is 1.56 bits per heavy atom. The molecule has 0 aromatic heterocycles. The Balaban J connectivity index is 1.34. The number of benzene rings is 2. The van der Waals surface area contributed by atoms with E-state index in [2.05, 4.69) is 17.0 Å². The Bertz CT molecular complexity index is 1180.